The summed E-state index contributed by atoms with van der Waals surface area (Å²) in [5.74, 6) is -0.0123. The number of aromatic nitrogens is 3. The predicted octanol–water partition coefficient (Wildman–Crippen LogP) is 1.61. The van der Waals surface area contributed by atoms with Gasteiger partial charge >= 0.3 is 0 Å². The summed E-state index contributed by atoms with van der Waals surface area (Å²) in [6.07, 6.45) is 3.38. The molecule has 25 heavy (non-hydrogen) atoms. The second kappa shape index (κ2) is 5.97. The molecule has 0 unspecified atom stereocenters. The van der Waals surface area contributed by atoms with E-state index >= 15 is 0 Å². The maximum Gasteiger partial charge on any atom is 0.253 e. The molecule has 0 bridgehead atoms. The van der Waals surface area contributed by atoms with Crippen molar-refractivity contribution < 1.29 is 9.53 Å². The fourth-order valence-corrected chi connectivity index (χ4v) is 3.56. The van der Waals surface area contributed by atoms with Gasteiger partial charge < -0.3 is 9.64 Å². The molecule has 1 N–H and O–H groups in total. The van der Waals surface area contributed by atoms with Crippen molar-refractivity contribution in [2.75, 3.05) is 20.2 Å². The smallest absolute Gasteiger partial charge is 0.253 e. The molecule has 1 aliphatic carbocycles. The Kier molecular flexibility index (Phi) is 3.77. The van der Waals surface area contributed by atoms with Crippen molar-refractivity contribution in [1.82, 2.24) is 20.3 Å². The fraction of sp³-hybridized carbons (Fsp3) is 0.444. The number of benzene rings is 1. The number of ether oxygens (including phenoxy) is 1. The highest BCUT2D eigenvalue weighted by atomic mass is 16.5. The Hall–Kier alpha value is -2.72. The lowest BCUT2D eigenvalue weighted by Crippen LogP contribution is -2.29. The zero-order valence-corrected chi connectivity index (χ0v) is 14.0. The van der Waals surface area contributed by atoms with Crippen LogP contribution in [0, 0.1) is 11.3 Å². The second-order valence-corrected chi connectivity index (χ2v) is 6.76. The van der Waals surface area contributed by atoms with Crippen LogP contribution in [-0.2, 0) is 10.2 Å². The maximum atomic E-state index is 12.8. The molecule has 7 nitrogen and oxygen atoms in total. The van der Waals surface area contributed by atoms with Crippen molar-refractivity contribution >= 4 is 5.91 Å². The first kappa shape index (κ1) is 15.8. The highest BCUT2D eigenvalue weighted by Gasteiger charge is 2.45. The standard InChI is InChI=1S/C18H19N5O2/c1-25-16-10-23(9-14(16)15-8-20-22-21-15)17(24)12-2-4-13(5-3-12)18(11-19)6-7-18/h2-5,8,14,16H,6-7,9-10H2,1H3,(H,20,21,22)/t14-,16+/m0/s1. The molecule has 2 aromatic rings. The third-order valence-corrected chi connectivity index (χ3v) is 5.32. The van der Waals surface area contributed by atoms with Crippen molar-refractivity contribution in [2.24, 2.45) is 0 Å². The molecule has 1 aliphatic heterocycles. The molecule has 7 heteroatoms. The second-order valence-electron chi connectivity index (χ2n) is 6.76. The van der Waals surface area contributed by atoms with Crippen LogP contribution in [0.5, 0.6) is 0 Å². The van der Waals surface area contributed by atoms with Gasteiger partial charge in [0.1, 0.15) is 0 Å². The highest BCUT2D eigenvalue weighted by molar-refractivity contribution is 5.94. The van der Waals surface area contributed by atoms with E-state index < -0.39 is 0 Å². The molecule has 1 saturated heterocycles. The number of nitrogens with one attached hydrogen (secondary N) is 1. The van der Waals surface area contributed by atoms with E-state index in [2.05, 4.69) is 21.5 Å². The number of nitriles is 1. The van der Waals surface area contributed by atoms with Gasteiger partial charge in [-0.1, -0.05) is 12.1 Å². The Balaban J connectivity index is 1.50. The number of likely N-dealkylation sites (tertiary alicyclic amines) is 1. The van der Waals surface area contributed by atoms with Crippen LogP contribution in [0.2, 0.25) is 0 Å². The summed E-state index contributed by atoms with van der Waals surface area (Å²) >= 11 is 0. The molecule has 4 rings (SSSR count). The number of carbonyl (C=O) groups is 1. The van der Waals surface area contributed by atoms with Gasteiger partial charge in [-0.3, -0.25) is 4.79 Å². The molecule has 2 heterocycles. The largest absolute Gasteiger partial charge is 0.379 e. The number of rotatable bonds is 4. The number of aromatic amines is 1. The zero-order valence-electron chi connectivity index (χ0n) is 14.0. The van der Waals surface area contributed by atoms with E-state index in [0.29, 0.717) is 18.7 Å². The van der Waals surface area contributed by atoms with Crippen LogP contribution in [0.4, 0.5) is 0 Å². The molecule has 2 fully saturated rings. The van der Waals surface area contributed by atoms with E-state index in [9.17, 15) is 10.1 Å². The van der Waals surface area contributed by atoms with Crippen LogP contribution in [0.25, 0.3) is 0 Å². The van der Waals surface area contributed by atoms with Gasteiger partial charge in [0.2, 0.25) is 0 Å². The summed E-state index contributed by atoms with van der Waals surface area (Å²) in [4.78, 5) is 14.6. The molecule has 1 saturated carbocycles. The summed E-state index contributed by atoms with van der Waals surface area (Å²) in [7, 11) is 1.65. The van der Waals surface area contributed by atoms with Gasteiger partial charge in [-0.05, 0) is 30.5 Å². The molecule has 2 aliphatic rings. The van der Waals surface area contributed by atoms with Gasteiger partial charge in [-0.15, -0.1) is 0 Å². The van der Waals surface area contributed by atoms with Crippen LogP contribution >= 0.6 is 0 Å². The lowest BCUT2D eigenvalue weighted by molar-refractivity contribution is 0.0714. The lowest BCUT2D eigenvalue weighted by Gasteiger charge is -2.16. The zero-order chi connectivity index (χ0) is 17.4. The molecule has 0 radical (unpaired) electrons. The van der Waals surface area contributed by atoms with Crippen LogP contribution in [0.1, 0.15) is 40.4 Å². The number of methoxy groups -OCH3 is 1. The molecular weight excluding hydrogens is 318 g/mol. The number of carbonyl (C=O) groups excluding carboxylic acids is 1. The summed E-state index contributed by atoms with van der Waals surface area (Å²) < 4.78 is 5.54. The van der Waals surface area contributed by atoms with Gasteiger partial charge in [0.15, 0.2) is 0 Å². The third kappa shape index (κ3) is 2.68. The summed E-state index contributed by atoms with van der Waals surface area (Å²) in [5.41, 5.74) is 2.12. The Labute approximate surface area is 145 Å². The number of hydrogen-bond donors (Lipinski definition) is 1. The van der Waals surface area contributed by atoms with Gasteiger partial charge in [0.25, 0.3) is 5.91 Å². The minimum Gasteiger partial charge on any atom is -0.379 e. The molecule has 128 valence electrons. The molecule has 1 aromatic heterocycles. The SMILES string of the molecule is CO[C@@H]1CN(C(=O)c2ccc(C3(C#N)CC3)cc2)C[C@H]1c1cn[nH]n1. The molecular formula is C18H19N5O2. The van der Waals surface area contributed by atoms with Crippen LogP contribution in [-0.4, -0.2) is 52.5 Å². The fourth-order valence-electron chi connectivity index (χ4n) is 3.56. The Bertz CT molecular complexity index is 805. The molecule has 1 aromatic carbocycles. The number of nitrogens with zero attached hydrogens (tertiary/aromatic N) is 4. The number of amides is 1. The van der Waals surface area contributed by atoms with E-state index in [4.69, 9.17) is 4.74 Å². The highest BCUT2D eigenvalue weighted by Crippen LogP contribution is 2.47. The minimum atomic E-state index is -0.325. The van der Waals surface area contributed by atoms with Crippen molar-refractivity contribution in [3.05, 3.63) is 47.3 Å². The van der Waals surface area contributed by atoms with E-state index in [-0.39, 0.29) is 23.3 Å². The van der Waals surface area contributed by atoms with Crippen LogP contribution < -0.4 is 0 Å². The normalized spacial score (nSPS) is 24.1. The molecule has 1 amide bonds. The van der Waals surface area contributed by atoms with Gasteiger partial charge in [0, 0.05) is 25.8 Å². The van der Waals surface area contributed by atoms with Gasteiger partial charge in [-0.2, -0.15) is 20.7 Å². The summed E-state index contributed by atoms with van der Waals surface area (Å²) in [6, 6.07) is 9.83. The predicted molar refractivity (Wildman–Crippen MR) is 88.8 cm³/mol. The lowest BCUT2D eigenvalue weighted by atomic mass is 9.96. The Morgan fingerprint density at radius 2 is 2.12 bits per heavy atom. The first-order valence-electron chi connectivity index (χ1n) is 8.36. The van der Waals surface area contributed by atoms with E-state index in [1.165, 1.54) is 0 Å². The summed E-state index contributed by atoms with van der Waals surface area (Å²) in [5, 5.41) is 19.9. The van der Waals surface area contributed by atoms with Crippen LogP contribution in [0.15, 0.2) is 30.5 Å². The Morgan fingerprint density at radius 1 is 1.36 bits per heavy atom. The van der Waals surface area contributed by atoms with Crippen molar-refractivity contribution in [3.8, 4) is 6.07 Å². The van der Waals surface area contributed by atoms with E-state index in [1.807, 2.05) is 24.3 Å². The number of H-pyrrole nitrogens is 1. The maximum absolute atomic E-state index is 12.8. The van der Waals surface area contributed by atoms with Gasteiger partial charge in [-0.25, -0.2) is 0 Å². The van der Waals surface area contributed by atoms with E-state index in [0.717, 1.165) is 24.1 Å². The first-order valence-corrected chi connectivity index (χ1v) is 8.36. The monoisotopic (exact) mass is 337 g/mol. The third-order valence-electron chi connectivity index (χ3n) is 5.32. The molecule has 0 spiro atoms. The first-order chi connectivity index (χ1) is 12.2. The van der Waals surface area contributed by atoms with Crippen molar-refractivity contribution in [1.29, 1.82) is 5.26 Å². The van der Waals surface area contributed by atoms with Crippen molar-refractivity contribution in [3.63, 3.8) is 0 Å². The average molecular weight is 337 g/mol. The van der Waals surface area contributed by atoms with Crippen molar-refractivity contribution in [2.45, 2.75) is 30.3 Å². The topological polar surface area (TPSA) is 94.9 Å². The van der Waals surface area contributed by atoms with Gasteiger partial charge in [0.05, 0.1) is 35.4 Å². The minimum absolute atomic E-state index is 0.0142. The Morgan fingerprint density at radius 3 is 2.68 bits per heavy atom. The number of hydrogen-bond acceptors (Lipinski definition) is 5. The molecule has 2 atom stereocenters. The van der Waals surface area contributed by atoms with E-state index in [1.54, 1.807) is 18.2 Å². The quantitative estimate of drug-likeness (QED) is 0.914. The summed E-state index contributed by atoms with van der Waals surface area (Å²) in [6.45, 7) is 1.07. The van der Waals surface area contributed by atoms with Crippen LogP contribution in [0.3, 0.4) is 0 Å². The average Bonchev–Trinajstić information content (AvgIpc) is 3.07.